The molecule has 3 heterocycles. The Bertz CT molecular complexity index is 1040. The lowest BCUT2D eigenvalue weighted by Crippen LogP contribution is -2.47. The maximum Gasteiger partial charge on any atom is 0.326 e. The number of aryl methyl sites for hydroxylation is 1. The second-order valence-electron chi connectivity index (χ2n) is 7.53. The van der Waals surface area contributed by atoms with E-state index in [0.717, 1.165) is 23.3 Å². The number of amides is 3. The molecular formula is C21H26N4O5. The molecule has 0 atom stereocenters. The highest BCUT2D eigenvalue weighted by Gasteiger charge is 2.50. The Morgan fingerprint density at radius 3 is 2.57 bits per heavy atom. The van der Waals surface area contributed by atoms with Crippen molar-refractivity contribution in [1.82, 2.24) is 19.6 Å². The van der Waals surface area contributed by atoms with E-state index in [1.54, 1.807) is 12.3 Å². The molecule has 9 heteroatoms. The summed E-state index contributed by atoms with van der Waals surface area (Å²) in [6, 6.07) is 4.28. The molecule has 0 radical (unpaired) electrons. The molecule has 3 rings (SSSR count). The normalized spacial score (nSPS) is 15.5. The molecule has 1 fully saturated rings. The second kappa shape index (κ2) is 8.64. The van der Waals surface area contributed by atoms with Gasteiger partial charge < -0.3 is 10.1 Å². The summed E-state index contributed by atoms with van der Waals surface area (Å²) in [5.74, 6) is -1.14. The summed E-state index contributed by atoms with van der Waals surface area (Å²) in [7, 11) is 0. The van der Waals surface area contributed by atoms with E-state index in [4.69, 9.17) is 4.74 Å². The lowest BCUT2D eigenvalue weighted by Gasteiger charge is -2.25. The topological polar surface area (TPSA) is 110 Å². The van der Waals surface area contributed by atoms with Gasteiger partial charge in [0, 0.05) is 12.3 Å². The number of urea groups is 1. The first kappa shape index (κ1) is 21.5. The summed E-state index contributed by atoms with van der Waals surface area (Å²) in [5, 5.41) is 2.76. The molecule has 9 nitrogen and oxygen atoms in total. The van der Waals surface area contributed by atoms with E-state index < -0.39 is 30.0 Å². The van der Waals surface area contributed by atoms with Crippen molar-refractivity contribution in [3.05, 3.63) is 46.0 Å². The minimum Gasteiger partial charge on any atom is -0.458 e. The average molecular weight is 414 g/mol. The van der Waals surface area contributed by atoms with Gasteiger partial charge in [-0.2, -0.15) is 0 Å². The van der Waals surface area contributed by atoms with Crippen molar-refractivity contribution < 1.29 is 19.1 Å². The third-order valence-electron chi connectivity index (χ3n) is 5.21. The van der Waals surface area contributed by atoms with Crippen molar-refractivity contribution in [2.45, 2.75) is 58.6 Å². The van der Waals surface area contributed by atoms with Crippen molar-refractivity contribution in [2.75, 3.05) is 6.54 Å². The number of aromatic nitrogens is 2. The van der Waals surface area contributed by atoms with Gasteiger partial charge >= 0.3 is 12.0 Å². The highest BCUT2D eigenvalue weighted by Crippen LogP contribution is 2.28. The largest absolute Gasteiger partial charge is 0.458 e. The molecule has 30 heavy (non-hydrogen) atoms. The number of ether oxygens (including phenoxy) is 1. The van der Waals surface area contributed by atoms with Crippen LogP contribution in [-0.2, 0) is 20.9 Å². The van der Waals surface area contributed by atoms with Crippen LogP contribution in [0.25, 0.3) is 5.65 Å². The highest BCUT2D eigenvalue weighted by molar-refractivity contribution is 6.08. The van der Waals surface area contributed by atoms with E-state index >= 15 is 0 Å². The summed E-state index contributed by atoms with van der Waals surface area (Å²) in [5.41, 5.74) is 0.353. The number of nitrogens with one attached hydrogen (secondary N) is 1. The summed E-state index contributed by atoms with van der Waals surface area (Å²) in [6.07, 6.45) is 4.10. The van der Waals surface area contributed by atoms with E-state index in [-0.39, 0.29) is 12.2 Å². The number of carbonyl (C=O) groups excluding carboxylic acids is 3. The molecule has 0 aromatic carbocycles. The molecule has 0 bridgehead atoms. The number of pyridine rings is 1. The molecular weight excluding hydrogens is 388 g/mol. The number of hydrogen-bond acceptors (Lipinski definition) is 6. The number of fused-ring (bicyclic) bond motifs is 1. The first-order valence-electron chi connectivity index (χ1n) is 10.1. The number of esters is 1. The van der Waals surface area contributed by atoms with E-state index in [0.29, 0.717) is 24.2 Å². The number of hydrogen-bond donors (Lipinski definition) is 1. The first-order valence-corrected chi connectivity index (χ1v) is 10.1. The summed E-state index contributed by atoms with van der Waals surface area (Å²) < 4.78 is 6.61. The van der Waals surface area contributed by atoms with Gasteiger partial charge in [-0.25, -0.2) is 9.78 Å². The van der Waals surface area contributed by atoms with Crippen LogP contribution in [0.15, 0.2) is 29.2 Å². The molecule has 1 aliphatic rings. The molecule has 1 N–H and O–H groups in total. The van der Waals surface area contributed by atoms with Gasteiger partial charge in [0.1, 0.15) is 24.3 Å². The Labute approximate surface area is 174 Å². The van der Waals surface area contributed by atoms with Gasteiger partial charge in [0.2, 0.25) is 0 Å². The smallest absolute Gasteiger partial charge is 0.326 e. The van der Waals surface area contributed by atoms with Crippen LogP contribution in [0.1, 0.15) is 50.8 Å². The lowest BCUT2D eigenvalue weighted by atomic mass is 9.88. The Balaban J connectivity index is 1.68. The number of rotatable bonds is 8. The van der Waals surface area contributed by atoms with Gasteiger partial charge in [-0.1, -0.05) is 32.8 Å². The zero-order valence-corrected chi connectivity index (χ0v) is 17.4. The maximum atomic E-state index is 12.8. The van der Waals surface area contributed by atoms with Crippen LogP contribution in [0, 0.1) is 6.92 Å². The van der Waals surface area contributed by atoms with Gasteiger partial charge in [-0.15, -0.1) is 0 Å². The maximum absolute atomic E-state index is 12.8. The molecule has 2 aromatic heterocycles. The van der Waals surface area contributed by atoms with Crippen LogP contribution in [0.4, 0.5) is 4.79 Å². The van der Waals surface area contributed by atoms with Gasteiger partial charge in [0.15, 0.2) is 0 Å². The van der Waals surface area contributed by atoms with E-state index in [9.17, 15) is 19.2 Å². The predicted molar refractivity (Wildman–Crippen MR) is 109 cm³/mol. The van der Waals surface area contributed by atoms with Crippen LogP contribution in [-0.4, -0.2) is 44.3 Å². The molecule has 3 amide bonds. The average Bonchev–Trinajstić information content (AvgIpc) is 2.92. The third kappa shape index (κ3) is 4.05. The van der Waals surface area contributed by atoms with Crippen LogP contribution in [0.3, 0.4) is 0 Å². The second-order valence-corrected chi connectivity index (χ2v) is 7.53. The van der Waals surface area contributed by atoms with Crippen LogP contribution in [0.5, 0.6) is 0 Å². The fraction of sp³-hybridized carbons (Fsp3) is 0.476. The Morgan fingerprint density at radius 2 is 1.90 bits per heavy atom. The summed E-state index contributed by atoms with van der Waals surface area (Å²) in [4.78, 5) is 55.0. The van der Waals surface area contributed by atoms with Crippen LogP contribution >= 0.6 is 0 Å². The minimum absolute atomic E-state index is 0.225. The summed E-state index contributed by atoms with van der Waals surface area (Å²) >= 11 is 0. The zero-order chi connectivity index (χ0) is 21.9. The van der Waals surface area contributed by atoms with E-state index in [2.05, 4.69) is 10.3 Å². The van der Waals surface area contributed by atoms with Gasteiger partial charge in [-0.05, 0) is 31.4 Å². The minimum atomic E-state index is -0.951. The number of carbonyl (C=O) groups is 3. The van der Waals surface area contributed by atoms with Gasteiger partial charge in [-0.3, -0.25) is 23.7 Å². The van der Waals surface area contributed by atoms with Crippen LogP contribution in [0.2, 0.25) is 0 Å². The first-order chi connectivity index (χ1) is 14.3. The fourth-order valence-corrected chi connectivity index (χ4v) is 3.85. The Kier molecular flexibility index (Phi) is 6.19. The van der Waals surface area contributed by atoms with Crippen LogP contribution < -0.4 is 10.9 Å². The monoisotopic (exact) mass is 414 g/mol. The molecule has 0 spiro atoms. The highest BCUT2D eigenvalue weighted by atomic mass is 16.5. The van der Waals surface area contributed by atoms with Crippen molar-refractivity contribution in [3.8, 4) is 0 Å². The quantitative estimate of drug-likeness (QED) is 0.522. The van der Waals surface area contributed by atoms with E-state index in [1.807, 2.05) is 26.8 Å². The molecule has 0 unspecified atom stereocenters. The Hall–Kier alpha value is -3.23. The van der Waals surface area contributed by atoms with Crippen molar-refractivity contribution in [3.63, 3.8) is 0 Å². The van der Waals surface area contributed by atoms with E-state index in [1.165, 1.54) is 10.5 Å². The Morgan fingerprint density at radius 1 is 1.20 bits per heavy atom. The molecule has 0 saturated carbocycles. The number of imide groups is 1. The predicted octanol–water partition coefficient (Wildman–Crippen LogP) is 1.94. The van der Waals surface area contributed by atoms with Gasteiger partial charge in [0.05, 0.1) is 5.69 Å². The zero-order valence-electron chi connectivity index (χ0n) is 17.4. The standard InChI is InChI=1S/C21H26N4O5/c1-4-8-21(9-5-2)19(28)25(20(29)23-21)12-17(27)30-13-15-11-16(26)24-10-6-7-14(3)18(24)22-15/h6-7,10-11H,4-5,8-9,12-13H2,1-3H3,(H,23,29). The lowest BCUT2D eigenvalue weighted by molar-refractivity contribution is -0.149. The van der Waals surface area contributed by atoms with Crippen molar-refractivity contribution in [2.24, 2.45) is 0 Å². The SMILES string of the molecule is CCCC1(CCC)NC(=O)N(CC(=O)OCc2cc(=O)n3cccc(C)c3n2)C1=O. The van der Waals surface area contributed by atoms with Gasteiger partial charge in [0.25, 0.3) is 11.5 Å². The molecule has 1 aliphatic heterocycles. The van der Waals surface area contributed by atoms with Crippen molar-refractivity contribution in [1.29, 1.82) is 0 Å². The molecule has 2 aromatic rings. The number of nitrogens with zero attached hydrogens (tertiary/aromatic N) is 3. The third-order valence-corrected chi connectivity index (χ3v) is 5.21. The molecule has 160 valence electrons. The summed E-state index contributed by atoms with van der Waals surface area (Å²) in [6.45, 7) is 5.00. The van der Waals surface area contributed by atoms with Crippen molar-refractivity contribution >= 4 is 23.6 Å². The molecule has 1 saturated heterocycles. The molecule has 0 aliphatic carbocycles. The fourth-order valence-electron chi connectivity index (χ4n) is 3.85.